The molecule has 6 heteroatoms. The maximum atomic E-state index is 12.8. The Morgan fingerprint density at radius 3 is 2.95 bits per heavy atom. The van der Waals surface area contributed by atoms with E-state index < -0.39 is 0 Å². The van der Waals surface area contributed by atoms with Gasteiger partial charge in [-0.1, -0.05) is 5.16 Å². The van der Waals surface area contributed by atoms with E-state index in [-0.39, 0.29) is 17.9 Å². The molecule has 1 amide bonds. The molecule has 5 nitrogen and oxygen atoms in total. The summed E-state index contributed by atoms with van der Waals surface area (Å²) < 4.78 is 5.08. The molecule has 3 heterocycles. The number of carbonyl (C=O) groups excluding carboxylic acids is 1. The van der Waals surface area contributed by atoms with E-state index in [1.807, 2.05) is 16.2 Å². The van der Waals surface area contributed by atoms with Crippen molar-refractivity contribution >= 4 is 17.2 Å². The molecule has 0 radical (unpaired) electrons. The number of aromatic nitrogens is 2. The molecule has 0 aromatic carbocycles. The third kappa shape index (κ3) is 2.35. The van der Waals surface area contributed by atoms with E-state index in [0.717, 1.165) is 25.8 Å². The molecule has 0 bridgehead atoms. The van der Waals surface area contributed by atoms with Gasteiger partial charge in [0.15, 0.2) is 5.82 Å². The molecule has 1 saturated heterocycles. The Morgan fingerprint density at radius 1 is 1.41 bits per heavy atom. The van der Waals surface area contributed by atoms with Gasteiger partial charge in [-0.25, -0.2) is 0 Å². The van der Waals surface area contributed by atoms with Crippen LogP contribution in [0, 0.1) is 19.8 Å². The molecule has 1 aliphatic heterocycles. The Balaban J connectivity index is 1.48. The van der Waals surface area contributed by atoms with Gasteiger partial charge in [0.2, 0.25) is 11.8 Å². The predicted molar refractivity (Wildman–Crippen MR) is 82.6 cm³/mol. The summed E-state index contributed by atoms with van der Waals surface area (Å²) in [5, 5.41) is 4.01. The normalized spacial score (nSPS) is 27.4. The van der Waals surface area contributed by atoms with Crippen LogP contribution in [0.1, 0.15) is 52.7 Å². The van der Waals surface area contributed by atoms with Gasteiger partial charge in [0, 0.05) is 35.1 Å². The van der Waals surface area contributed by atoms with Crippen LogP contribution < -0.4 is 0 Å². The molecule has 3 atom stereocenters. The molecular weight excluding hydrogens is 298 g/mol. The Morgan fingerprint density at radius 2 is 2.27 bits per heavy atom. The maximum absolute atomic E-state index is 12.8. The molecule has 1 aliphatic carbocycles. The summed E-state index contributed by atoms with van der Waals surface area (Å²) in [6.07, 6.45) is 2.92. The van der Waals surface area contributed by atoms with E-state index in [2.05, 4.69) is 29.2 Å². The molecule has 22 heavy (non-hydrogen) atoms. The largest absolute Gasteiger partial charge is 0.340 e. The highest BCUT2D eigenvalue weighted by molar-refractivity contribution is 7.12. The summed E-state index contributed by atoms with van der Waals surface area (Å²) in [4.78, 5) is 21.8. The third-order valence-corrected chi connectivity index (χ3v) is 5.74. The first-order valence-electron chi connectivity index (χ1n) is 7.80. The second kappa shape index (κ2) is 5.19. The molecular formula is C16H19N3O2S. The van der Waals surface area contributed by atoms with Crippen molar-refractivity contribution in [3.8, 4) is 0 Å². The number of likely N-dealkylation sites (tertiary alicyclic amines) is 1. The summed E-state index contributed by atoms with van der Waals surface area (Å²) in [7, 11) is 0. The number of aryl methyl sites for hydroxylation is 2. The number of hydrogen-bond donors (Lipinski definition) is 0. The van der Waals surface area contributed by atoms with Gasteiger partial charge >= 0.3 is 0 Å². The molecule has 0 spiro atoms. The number of amides is 1. The fraction of sp³-hybridized carbons (Fsp3) is 0.562. The van der Waals surface area contributed by atoms with Gasteiger partial charge in [0.25, 0.3) is 0 Å². The monoisotopic (exact) mass is 317 g/mol. The number of rotatable bonds is 3. The molecule has 0 N–H and O–H groups in total. The lowest BCUT2D eigenvalue weighted by Crippen LogP contribution is -2.32. The van der Waals surface area contributed by atoms with Gasteiger partial charge in [0.1, 0.15) is 0 Å². The lowest BCUT2D eigenvalue weighted by atomic mass is 10.2. The van der Waals surface area contributed by atoms with Gasteiger partial charge in [-0.2, -0.15) is 4.98 Å². The lowest BCUT2D eigenvalue weighted by Gasteiger charge is -2.22. The van der Waals surface area contributed by atoms with Crippen molar-refractivity contribution in [2.45, 2.75) is 45.1 Å². The fourth-order valence-electron chi connectivity index (χ4n) is 3.40. The minimum atomic E-state index is -0.00345. The first-order chi connectivity index (χ1) is 10.6. The van der Waals surface area contributed by atoms with Crippen molar-refractivity contribution in [1.29, 1.82) is 0 Å². The van der Waals surface area contributed by atoms with Gasteiger partial charge in [0.05, 0.1) is 6.04 Å². The molecule has 2 aromatic heterocycles. The molecule has 2 fully saturated rings. The molecule has 0 unspecified atom stereocenters. The zero-order chi connectivity index (χ0) is 15.3. The van der Waals surface area contributed by atoms with E-state index in [9.17, 15) is 4.79 Å². The smallest absolute Gasteiger partial charge is 0.226 e. The summed E-state index contributed by atoms with van der Waals surface area (Å²) in [6.45, 7) is 4.71. The maximum Gasteiger partial charge on any atom is 0.226 e. The highest BCUT2D eigenvalue weighted by Gasteiger charge is 2.48. The quantitative estimate of drug-likeness (QED) is 0.872. The second-order valence-corrected chi connectivity index (χ2v) is 7.58. The SMILES string of the molecule is Cc1nc([C@@H]2CCCN2C(=O)[C@H]2C[C@H]2c2ccc(C)s2)no1. The summed E-state index contributed by atoms with van der Waals surface area (Å²) in [5.74, 6) is 2.05. The second-order valence-electron chi connectivity index (χ2n) is 6.26. The Kier molecular flexibility index (Phi) is 3.29. The minimum absolute atomic E-state index is 0.00345. The first kappa shape index (κ1) is 13.9. The van der Waals surface area contributed by atoms with E-state index in [1.165, 1.54) is 9.75 Å². The first-order valence-corrected chi connectivity index (χ1v) is 8.62. The zero-order valence-electron chi connectivity index (χ0n) is 12.8. The molecule has 1 saturated carbocycles. The van der Waals surface area contributed by atoms with Crippen molar-refractivity contribution < 1.29 is 9.32 Å². The molecule has 4 rings (SSSR count). The molecule has 2 aliphatic rings. The van der Waals surface area contributed by atoms with E-state index in [1.54, 1.807) is 6.92 Å². The van der Waals surface area contributed by atoms with Crippen molar-refractivity contribution in [3.63, 3.8) is 0 Å². The molecule has 116 valence electrons. The number of hydrogen-bond acceptors (Lipinski definition) is 5. The van der Waals surface area contributed by atoms with Crippen LogP contribution in [-0.2, 0) is 4.79 Å². The summed E-state index contributed by atoms with van der Waals surface area (Å²) in [5.41, 5.74) is 0. The van der Waals surface area contributed by atoms with Gasteiger partial charge < -0.3 is 9.42 Å². The lowest BCUT2D eigenvalue weighted by molar-refractivity contribution is -0.133. The average molecular weight is 317 g/mol. The van der Waals surface area contributed by atoms with Crippen LogP contribution in [0.15, 0.2) is 16.7 Å². The van der Waals surface area contributed by atoms with E-state index in [0.29, 0.717) is 17.6 Å². The van der Waals surface area contributed by atoms with Crippen molar-refractivity contribution in [2.24, 2.45) is 5.92 Å². The van der Waals surface area contributed by atoms with Gasteiger partial charge in [-0.15, -0.1) is 11.3 Å². The standard InChI is InChI=1S/C16H19N3O2S/c1-9-5-6-14(22-9)11-8-12(11)16(20)19-7-3-4-13(19)15-17-10(2)21-18-15/h5-6,11-13H,3-4,7-8H2,1-2H3/t11-,12+,13+/m1/s1. The third-order valence-electron chi connectivity index (χ3n) is 4.61. The van der Waals surface area contributed by atoms with Crippen molar-refractivity contribution in [2.75, 3.05) is 6.54 Å². The van der Waals surface area contributed by atoms with Crippen LogP contribution in [0.4, 0.5) is 0 Å². The molecule has 2 aromatic rings. The van der Waals surface area contributed by atoms with Gasteiger partial charge in [-0.3, -0.25) is 4.79 Å². The Hall–Kier alpha value is -1.69. The van der Waals surface area contributed by atoms with Crippen molar-refractivity contribution in [1.82, 2.24) is 15.0 Å². The summed E-state index contributed by atoms with van der Waals surface area (Å²) in [6, 6.07) is 4.30. The minimum Gasteiger partial charge on any atom is -0.340 e. The van der Waals surface area contributed by atoms with Crippen LogP contribution in [-0.4, -0.2) is 27.5 Å². The Bertz CT molecular complexity index is 708. The fourth-order valence-corrected chi connectivity index (χ4v) is 4.45. The predicted octanol–water partition coefficient (Wildman–Crippen LogP) is 3.22. The topological polar surface area (TPSA) is 59.2 Å². The van der Waals surface area contributed by atoms with E-state index in [4.69, 9.17) is 4.52 Å². The van der Waals surface area contributed by atoms with Crippen LogP contribution in [0.2, 0.25) is 0 Å². The van der Waals surface area contributed by atoms with Crippen LogP contribution >= 0.6 is 11.3 Å². The summed E-state index contributed by atoms with van der Waals surface area (Å²) >= 11 is 1.81. The number of nitrogens with zero attached hydrogens (tertiary/aromatic N) is 3. The Labute approximate surface area is 133 Å². The average Bonchev–Trinajstić information content (AvgIpc) is 2.85. The van der Waals surface area contributed by atoms with Gasteiger partial charge in [-0.05, 0) is 38.3 Å². The highest BCUT2D eigenvalue weighted by Crippen LogP contribution is 2.51. The number of thiophene rings is 1. The zero-order valence-corrected chi connectivity index (χ0v) is 13.6. The number of carbonyl (C=O) groups is 1. The van der Waals surface area contributed by atoms with Crippen LogP contribution in [0.3, 0.4) is 0 Å². The van der Waals surface area contributed by atoms with Crippen molar-refractivity contribution in [3.05, 3.63) is 33.6 Å². The van der Waals surface area contributed by atoms with Crippen LogP contribution in [0.5, 0.6) is 0 Å². The highest BCUT2D eigenvalue weighted by atomic mass is 32.1. The van der Waals surface area contributed by atoms with Crippen LogP contribution in [0.25, 0.3) is 0 Å². The van der Waals surface area contributed by atoms with E-state index >= 15 is 0 Å².